The summed E-state index contributed by atoms with van der Waals surface area (Å²) in [4.78, 5) is 0. The Labute approximate surface area is 107 Å². The van der Waals surface area contributed by atoms with E-state index in [2.05, 4.69) is 29.3 Å². The van der Waals surface area contributed by atoms with Gasteiger partial charge in [-0.1, -0.05) is 25.5 Å². The minimum absolute atomic E-state index is 0.734. The monoisotopic (exact) mass is 239 g/mol. The molecule has 0 aliphatic carbocycles. The van der Waals surface area contributed by atoms with Crippen LogP contribution in [0.4, 0.5) is 17.1 Å². The quantitative estimate of drug-likeness (QED) is 0.613. The maximum atomic E-state index is 5.61. The topological polar surface area (TPSA) is 50.7 Å². The number of rotatable bonds is 4. The van der Waals surface area contributed by atoms with E-state index in [0.717, 1.165) is 29.9 Å². The normalized spacial score (nSPS) is 10.9. The number of azo groups is 1. The zero-order chi connectivity index (χ0) is 12.8. The highest BCUT2D eigenvalue weighted by Gasteiger charge is 1.93. The summed E-state index contributed by atoms with van der Waals surface area (Å²) in [5.41, 5.74) is 9.35. The van der Waals surface area contributed by atoms with Gasteiger partial charge in [0.1, 0.15) is 0 Å². The van der Waals surface area contributed by atoms with Crippen molar-refractivity contribution >= 4 is 17.1 Å². The first-order valence-electron chi connectivity index (χ1n) is 6.14. The fourth-order valence-electron chi connectivity index (χ4n) is 1.67. The number of benzene rings is 2. The summed E-state index contributed by atoms with van der Waals surface area (Å²) < 4.78 is 0. The average Bonchev–Trinajstić information content (AvgIpc) is 2.40. The molecule has 92 valence electrons. The molecule has 0 saturated carbocycles. The van der Waals surface area contributed by atoms with E-state index in [9.17, 15) is 0 Å². The van der Waals surface area contributed by atoms with Crippen LogP contribution in [-0.4, -0.2) is 0 Å². The lowest BCUT2D eigenvalue weighted by atomic mass is 10.1. The van der Waals surface area contributed by atoms with Gasteiger partial charge in [0.05, 0.1) is 11.4 Å². The third-order valence-electron chi connectivity index (χ3n) is 2.65. The molecular formula is C15H17N3. The summed E-state index contributed by atoms with van der Waals surface area (Å²) in [6.45, 7) is 2.18. The fourth-order valence-corrected chi connectivity index (χ4v) is 1.67. The zero-order valence-electron chi connectivity index (χ0n) is 10.5. The van der Waals surface area contributed by atoms with Crippen molar-refractivity contribution in [1.29, 1.82) is 0 Å². The van der Waals surface area contributed by atoms with E-state index in [1.807, 2.05) is 36.4 Å². The van der Waals surface area contributed by atoms with E-state index in [-0.39, 0.29) is 0 Å². The van der Waals surface area contributed by atoms with Crippen LogP contribution >= 0.6 is 0 Å². The Hall–Kier alpha value is -2.16. The highest BCUT2D eigenvalue weighted by molar-refractivity contribution is 5.48. The van der Waals surface area contributed by atoms with E-state index in [1.54, 1.807) is 0 Å². The molecule has 0 aliphatic rings. The Kier molecular flexibility index (Phi) is 4.07. The maximum Gasteiger partial charge on any atom is 0.0858 e. The van der Waals surface area contributed by atoms with Gasteiger partial charge in [0.2, 0.25) is 0 Å². The van der Waals surface area contributed by atoms with Gasteiger partial charge < -0.3 is 5.73 Å². The highest BCUT2D eigenvalue weighted by atomic mass is 15.1. The molecule has 0 amide bonds. The van der Waals surface area contributed by atoms with Crippen LogP contribution in [0.1, 0.15) is 18.9 Å². The third-order valence-corrected chi connectivity index (χ3v) is 2.65. The Morgan fingerprint density at radius 2 is 1.33 bits per heavy atom. The number of aryl methyl sites for hydroxylation is 1. The van der Waals surface area contributed by atoms with Crippen molar-refractivity contribution in [2.75, 3.05) is 5.73 Å². The van der Waals surface area contributed by atoms with Crippen molar-refractivity contribution in [2.45, 2.75) is 19.8 Å². The third kappa shape index (κ3) is 3.42. The van der Waals surface area contributed by atoms with Crippen LogP contribution < -0.4 is 5.73 Å². The molecule has 0 bridgehead atoms. The highest BCUT2D eigenvalue weighted by Crippen LogP contribution is 2.19. The van der Waals surface area contributed by atoms with Crippen LogP contribution in [0.5, 0.6) is 0 Å². The summed E-state index contributed by atoms with van der Waals surface area (Å²) in [7, 11) is 0. The average molecular weight is 239 g/mol. The van der Waals surface area contributed by atoms with Gasteiger partial charge in [0, 0.05) is 5.69 Å². The van der Waals surface area contributed by atoms with Gasteiger partial charge in [-0.15, -0.1) is 0 Å². The zero-order valence-corrected chi connectivity index (χ0v) is 10.5. The number of hydrogen-bond donors (Lipinski definition) is 1. The van der Waals surface area contributed by atoms with Gasteiger partial charge in [-0.05, 0) is 48.4 Å². The molecule has 0 atom stereocenters. The van der Waals surface area contributed by atoms with Gasteiger partial charge in [-0.2, -0.15) is 10.2 Å². The molecule has 2 aromatic carbocycles. The van der Waals surface area contributed by atoms with E-state index in [0.29, 0.717) is 0 Å². The molecule has 2 aromatic rings. The summed E-state index contributed by atoms with van der Waals surface area (Å²) in [5, 5.41) is 8.35. The Morgan fingerprint density at radius 1 is 0.833 bits per heavy atom. The second-order valence-electron chi connectivity index (χ2n) is 4.21. The smallest absolute Gasteiger partial charge is 0.0858 e. The van der Waals surface area contributed by atoms with Crippen LogP contribution in [0.2, 0.25) is 0 Å². The molecule has 0 unspecified atom stereocenters. The van der Waals surface area contributed by atoms with E-state index >= 15 is 0 Å². The lowest BCUT2D eigenvalue weighted by Crippen LogP contribution is -1.81. The van der Waals surface area contributed by atoms with Crippen molar-refractivity contribution in [3.8, 4) is 0 Å². The molecule has 0 aromatic heterocycles. The van der Waals surface area contributed by atoms with Crippen molar-refractivity contribution in [2.24, 2.45) is 10.2 Å². The van der Waals surface area contributed by atoms with Gasteiger partial charge in [0.15, 0.2) is 0 Å². The van der Waals surface area contributed by atoms with Crippen LogP contribution in [-0.2, 0) is 6.42 Å². The van der Waals surface area contributed by atoms with Crippen LogP contribution in [0.15, 0.2) is 58.8 Å². The van der Waals surface area contributed by atoms with E-state index < -0.39 is 0 Å². The molecule has 18 heavy (non-hydrogen) atoms. The van der Waals surface area contributed by atoms with Crippen molar-refractivity contribution in [1.82, 2.24) is 0 Å². The standard InChI is InChI=1S/C15H17N3/c1-2-3-12-4-8-14(9-5-12)17-18-15-10-6-13(16)7-11-15/h4-11H,2-3,16H2,1H3. The first-order chi connectivity index (χ1) is 8.78. The lowest BCUT2D eigenvalue weighted by molar-refractivity contribution is 0.922. The molecule has 0 radical (unpaired) electrons. The number of nitrogen functional groups attached to an aromatic ring is 1. The predicted molar refractivity (Wildman–Crippen MR) is 75.5 cm³/mol. The van der Waals surface area contributed by atoms with Crippen molar-refractivity contribution in [3.05, 3.63) is 54.1 Å². The Bertz CT molecular complexity index is 512. The molecule has 0 saturated heterocycles. The molecule has 3 heteroatoms. The number of nitrogens with two attached hydrogens (primary N) is 1. The predicted octanol–water partition coefficient (Wildman–Crippen LogP) is 4.64. The molecular weight excluding hydrogens is 222 g/mol. The molecule has 2 rings (SSSR count). The first-order valence-corrected chi connectivity index (χ1v) is 6.14. The largest absolute Gasteiger partial charge is 0.399 e. The second kappa shape index (κ2) is 5.96. The molecule has 0 fully saturated rings. The minimum atomic E-state index is 0.734. The summed E-state index contributed by atoms with van der Waals surface area (Å²) in [6, 6.07) is 15.5. The number of nitrogens with zero attached hydrogens (tertiary/aromatic N) is 2. The molecule has 2 N–H and O–H groups in total. The minimum Gasteiger partial charge on any atom is -0.399 e. The molecule has 0 aliphatic heterocycles. The fraction of sp³-hybridized carbons (Fsp3) is 0.200. The van der Waals surface area contributed by atoms with Crippen LogP contribution in [0, 0.1) is 0 Å². The molecule has 0 spiro atoms. The van der Waals surface area contributed by atoms with Crippen LogP contribution in [0.3, 0.4) is 0 Å². The maximum absolute atomic E-state index is 5.61. The number of anilines is 1. The van der Waals surface area contributed by atoms with E-state index in [1.165, 1.54) is 5.56 Å². The number of hydrogen-bond acceptors (Lipinski definition) is 3. The van der Waals surface area contributed by atoms with Crippen molar-refractivity contribution in [3.63, 3.8) is 0 Å². The summed E-state index contributed by atoms with van der Waals surface area (Å²) >= 11 is 0. The lowest BCUT2D eigenvalue weighted by Gasteiger charge is -1.98. The van der Waals surface area contributed by atoms with Crippen LogP contribution in [0.25, 0.3) is 0 Å². The summed E-state index contributed by atoms with van der Waals surface area (Å²) in [5.74, 6) is 0. The van der Waals surface area contributed by atoms with Gasteiger partial charge >= 0.3 is 0 Å². The van der Waals surface area contributed by atoms with Gasteiger partial charge in [-0.3, -0.25) is 0 Å². The van der Waals surface area contributed by atoms with Gasteiger partial charge in [-0.25, -0.2) is 0 Å². The van der Waals surface area contributed by atoms with E-state index in [4.69, 9.17) is 5.73 Å². The van der Waals surface area contributed by atoms with Crippen molar-refractivity contribution < 1.29 is 0 Å². The van der Waals surface area contributed by atoms with Gasteiger partial charge in [0.25, 0.3) is 0 Å². The Balaban J connectivity index is 2.06. The summed E-state index contributed by atoms with van der Waals surface area (Å²) in [6.07, 6.45) is 2.27. The molecule has 3 nitrogen and oxygen atoms in total. The first kappa shape index (κ1) is 12.3. The second-order valence-corrected chi connectivity index (χ2v) is 4.21. The Morgan fingerprint density at radius 3 is 1.83 bits per heavy atom. The SMILES string of the molecule is CCCc1ccc(N=Nc2ccc(N)cc2)cc1. The molecule has 0 heterocycles.